The van der Waals surface area contributed by atoms with E-state index in [4.69, 9.17) is 4.74 Å². The van der Waals surface area contributed by atoms with E-state index in [0.717, 1.165) is 11.1 Å². The molecule has 126 valence electrons. The predicted octanol–water partition coefficient (Wildman–Crippen LogP) is 5.97. The molecule has 3 rings (SSSR count). The summed E-state index contributed by atoms with van der Waals surface area (Å²) in [6, 6.07) is 14.4. The van der Waals surface area contributed by atoms with Gasteiger partial charge in [-0.1, -0.05) is 12.1 Å². The molecule has 0 aliphatic rings. The number of fused-ring (bicyclic) bond motifs is 2. The molecule has 0 amide bonds. The van der Waals surface area contributed by atoms with Gasteiger partial charge in [-0.2, -0.15) is 4.40 Å². The molecule has 0 aliphatic carbocycles. The zero-order valence-electron chi connectivity index (χ0n) is 11.8. The van der Waals surface area contributed by atoms with Crippen molar-refractivity contribution in [1.82, 2.24) is 0 Å². The van der Waals surface area contributed by atoms with E-state index in [1.165, 1.54) is 10.9 Å². The van der Waals surface area contributed by atoms with Crippen LogP contribution in [0.1, 0.15) is 0 Å². The molecule has 23 heavy (non-hydrogen) atoms. The Balaban J connectivity index is 0.000000236. The Bertz CT molecular complexity index is 852. The summed E-state index contributed by atoms with van der Waals surface area (Å²) in [7, 11) is -8.95. The standard InChI is InChI=1S/C14H12NO.F6P/c1-16-14-7-4-5-11-9-12-6-2-3-8-15(12)10-13(11)14;1-7(2,3,4,5)6/h2-10H,1H3;/q+1;-1. The van der Waals surface area contributed by atoms with Gasteiger partial charge in [0.15, 0.2) is 12.4 Å². The maximum atomic E-state index is 9.87. The fourth-order valence-corrected chi connectivity index (χ4v) is 2.01. The fourth-order valence-electron chi connectivity index (χ4n) is 2.01. The summed E-state index contributed by atoms with van der Waals surface area (Å²) in [6.45, 7) is 0. The van der Waals surface area contributed by atoms with Crippen molar-refractivity contribution in [2.75, 3.05) is 7.11 Å². The number of pyridine rings is 2. The van der Waals surface area contributed by atoms with E-state index in [1.54, 1.807) is 7.11 Å². The van der Waals surface area contributed by atoms with Crippen molar-refractivity contribution in [3.8, 4) is 5.75 Å². The van der Waals surface area contributed by atoms with Crippen molar-refractivity contribution in [3.05, 3.63) is 54.9 Å². The SMILES string of the molecule is COc1cccc2cc3cccc[n+]3cc12.F[P-](F)(F)(F)(F)F. The number of hydrogen-bond donors (Lipinski definition) is 0. The molecule has 0 spiro atoms. The average Bonchev–Trinajstić information content (AvgIpc) is 2.41. The van der Waals surface area contributed by atoms with Crippen LogP contribution in [0.15, 0.2) is 54.9 Å². The average molecular weight is 355 g/mol. The summed E-state index contributed by atoms with van der Waals surface area (Å²) in [5, 5.41) is 2.33. The fraction of sp³-hybridized carbons (Fsp3) is 0.0714. The van der Waals surface area contributed by atoms with E-state index < -0.39 is 7.81 Å². The van der Waals surface area contributed by atoms with E-state index in [2.05, 4.69) is 28.8 Å². The van der Waals surface area contributed by atoms with Gasteiger partial charge in [0.1, 0.15) is 5.75 Å². The van der Waals surface area contributed by atoms with Gasteiger partial charge >= 0.3 is 33.0 Å². The van der Waals surface area contributed by atoms with Gasteiger partial charge in [-0.15, -0.1) is 0 Å². The van der Waals surface area contributed by atoms with E-state index >= 15 is 0 Å². The molecule has 0 saturated carbocycles. The van der Waals surface area contributed by atoms with Crippen molar-refractivity contribution >= 4 is 24.1 Å². The van der Waals surface area contributed by atoms with Gasteiger partial charge < -0.3 is 4.74 Å². The molecule has 2 aromatic heterocycles. The maximum absolute atomic E-state index is 10.7. The molecule has 9 heteroatoms. The van der Waals surface area contributed by atoms with Gasteiger partial charge in [0.25, 0.3) is 0 Å². The summed E-state index contributed by atoms with van der Waals surface area (Å²) >= 11 is 0. The Morgan fingerprint density at radius 3 is 2.17 bits per heavy atom. The minimum absolute atomic E-state index is 0.913. The molecule has 2 nitrogen and oxygen atoms in total. The molecule has 1 aromatic carbocycles. The van der Waals surface area contributed by atoms with Crippen molar-refractivity contribution in [2.45, 2.75) is 0 Å². The van der Waals surface area contributed by atoms with Gasteiger partial charge in [0, 0.05) is 18.2 Å². The Morgan fingerprint density at radius 2 is 1.57 bits per heavy atom. The Hall–Kier alpha value is -2.08. The predicted molar refractivity (Wildman–Crippen MR) is 77.2 cm³/mol. The van der Waals surface area contributed by atoms with Crippen LogP contribution in [-0.4, -0.2) is 7.11 Å². The molecule has 0 fully saturated rings. The summed E-state index contributed by atoms with van der Waals surface area (Å²) in [5.74, 6) is 0.913. The van der Waals surface area contributed by atoms with Crippen molar-refractivity contribution in [2.24, 2.45) is 0 Å². The van der Waals surface area contributed by atoms with Crippen molar-refractivity contribution in [3.63, 3.8) is 0 Å². The van der Waals surface area contributed by atoms with Crippen LogP contribution in [0.5, 0.6) is 5.75 Å². The molecule has 0 atom stereocenters. The van der Waals surface area contributed by atoms with Gasteiger partial charge in [-0.05, 0) is 17.5 Å². The van der Waals surface area contributed by atoms with Crippen LogP contribution in [0.4, 0.5) is 25.2 Å². The topological polar surface area (TPSA) is 13.3 Å². The van der Waals surface area contributed by atoms with E-state index in [-0.39, 0.29) is 0 Å². The van der Waals surface area contributed by atoms with Crippen molar-refractivity contribution in [1.29, 1.82) is 0 Å². The number of hydrogen-bond acceptors (Lipinski definition) is 1. The Morgan fingerprint density at radius 1 is 0.913 bits per heavy atom. The molecule has 0 radical (unpaired) electrons. The number of nitrogens with zero attached hydrogens (tertiary/aromatic N) is 1. The first kappa shape index (κ1) is 17.3. The van der Waals surface area contributed by atoms with Gasteiger partial charge in [-0.3, -0.25) is 0 Å². The van der Waals surface area contributed by atoms with Crippen LogP contribution >= 0.6 is 7.81 Å². The third kappa shape index (κ3) is 5.90. The Kier molecular flexibility index (Phi) is 3.73. The first-order valence-electron chi connectivity index (χ1n) is 6.27. The van der Waals surface area contributed by atoms with Crippen LogP contribution in [-0.2, 0) is 0 Å². The number of benzene rings is 1. The number of methoxy groups -OCH3 is 1. The second-order valence-corrected chi connectivity index (χ2v) is 6.64. The molecule has 0 N–H and O–H groups in total. The number of rotatable bonds is 1. The Labute approximate surface area is 127 Å². The third-order valence-corrected chi connectivity index (χ3v) is 2.81. The van der Waals surface area contributed by atoms with Crippen molar-refractivity contribution < 1.29 is 34.3 Å². The normalized spacial score (nSPS) is 14.6. The summed E-state index contributed by atoms with van der Waals surface area (Å²) in [4.78, 5) is 0. The van der Waals surface area contributed by atoms with Crippen LogP contribution in [0.25, 0.3) is 16.3 Å². The molecule has 2 heterocycles. The monoisotopic (exact) mass is 355 g/mol. The number of ether oxygens (including phenoxy) is 1. The minimum atomic E-state index is -10.7. The van der Waals surface area contributed by atoms with Crippen LogP contribution in [0.3, 0.4) is 0 Å². The van der Waals surface area contributed by atoms with E-state index in [1.807, 2.05) is 30.5 Å². The van der Waals surface area contributed by atoms with Gasteiger partial charge in [0.05, 0.1) is 12.5 Å². The molecule has 0 bridgehead atoms. The summed E-state index contributed by atoms with van der Waals surface area (Å²) in [6.07, 6.45) is 4.14. The van der Waals surface area contributed by atoms with Crippen LogP contribution < -0.4 is 9.14 Å². The molecule has 0 aliphatic heterocycles. The first-order valence-corrected chi connectivity index (χ1v) is 8.29. The molecule has 0 unspecified atom stereocenters. The quantitative estimate of drug-likeness (QED) is 0.227. The van der Waals surface area contributed by atoms with Gasteiger partial charge in [0.2, 0.25) is 5.52 Å². The van der Waals surface area contributed by atoms with E-state index in [9.17, 15) is 25.2 Å². The van der Waals surface area contributed by atoms with E-state index in [0.29, 0.717) is 0 Å². The molecule has 3 aromatic rings. The molecular weight excluding hydrogens is 343 g/mol. The number of aromatic nitrogens is 1. The van der Waals surface area contributed by atoms with Gasteiger partial charge in [-0.25, -0.2) is 0 Å². The second kappa shape index (κ2) is 4.96. The zero-order valence-corrected chi connectivity index (χ0v) is 12.7. The third-order valence-electron chi connectivity index (χ3n) is 2.81. The van der Waals surface area contributed by atoms with Crippen LogP contribution in [0.2, 0.25) is 0 Å². The molecule has 0 saturated heterocycles. The number of halogens is 6. The zero-order chi connectivity index (χ0) is 17.4. The van der Waals surface area contributed by atoms with Crippen LogP contribution in [0, 0.1) is 0 Å². The molecular formula is C14H12F6NOP. The second-order valence-electron chi connectivity index (χ2n) is 4.73. The summed E-state index contributed by atoms with van der Waals surface area (Å²) in [5.41, 5.74) is 1.18. The summed E-state index contributed by atoms with van der Waals surface area (Å²) < 4.78 is 66.7. The first-order chi connectivity index (χ1) is 10.3.